The van der Waals surface area contributed by atoms with Crippen LogP contribution in [-0.2, 0) is 11.8 Å². The van der Waals surface area contributed by atoms with Crippen LogP contribution < -0.4 is 25.9 Å². The number of hydrogen-bond acceptors (Lipinski definition) is 4. The fourth-order valence-corrected chi connectivity index (χ4v) is 6.67. The lowest BCUT2D eigenvalue weighted by Crippen LogP contribution is -2.57. The zero-order valence-electron chi connectivity index (χ0n) is 26.2. The van der Waals surface area contributed by atoms with E-state index in [1.807, 2.05) is 18.5 Å². The molecule has 2 aromatic heterocycles. The molecule has 45 heavy (non-hydrogen) atoms. The SMILES string of the molecule is CCCCc1ccnc(-c2ccc3c(c2)B2c4cc(-c5cc6ccccc6cn5)ccc4Oc4cc(C(C)(C)C)cc(c42)O3)c1. The van der Waals surface area contributed by atoms with Gasteiger partial charge >= 0.3 is 0 Å². The number of aryl methyl sites for hydroxylation is 1. The summed E-state index contributed by atoms with van der Waals surface area (Å²) in [6.45, 7) is 8.85. The maximum Gasteiger partial charge on any atom is 0.260 e. The molecule has 2 aliphatic heterocycles. The predicted octanol–water partition coefficient (Wildman–Crippen LogP) is 8.33. The maximum atomic E-state index is 6.69. The van der Waals surface area contributed by atoms with Crippen LogP contribution in [0.1, 0.15) is 51.7 Å². The molecule has 6 aromatic rings. The van der Waals surface area contributed by atoms with Crippen LogP contribution in [0, 0.1) is 0 Å². The Labute approximate surface area is 265 Å². The summed E-state index contributed by atoms with van der Waals surface area (Å²) in [4.78, 5) is 9.63. The summed E-state index contributed by atoms with van der Waals surface area (Å²) in [6, 6.07) is 32.3. The molecular formula is C40H35BN2O2. The van der Waals surface area contributed by atoms with Crippen LogP contribution in [0.3, 0.4) is 0 Å². The number of rotatable bonds is 5. The predicted molar refractivity (Wildman–Crippen MR) is 185 cm³/mol. The van der Waals surface area contributed by atoms with Gasteiger partial charge in [-0.3, -0.25) is 9.97 Å². The van der Waals surface area contributed by atoms with Crippen molar-refractivity contribution in [1.29, 1.82) is 0 Å². The second kappa shape index (κ2) is 10.6. The third-order valence-corrected chi connectivity index (χ3v) is 9.21. The number of pyridine rings is 2. The minimum Gasteiger partial charge on any atom is -0.458 e. The zero-order chi connectivity index (χ0) is 30.7. The summed E-state index contributed by atoms with van der Waals surface area (Å²) in [5, 5.41) is 2.31. The lowest BCUT2D eigenvalue weighted by molar-refractivity contribution is 0.458. The van der Waals surface area contributed by atoms with Crippen molar-refractivity contribution in [3.05, 3.63) is 115 Å². The number of fused-ring (bicyclic) bond motifs is 5. The van der Waals surface area contributed by atoms with E-state index >= 15 is 0 Å². The van der Waals surface area contributed by atoms with Crippen LogP contribution in [0.4, 0.5) is 0 Å². The first-order valence-corrected chi connectivity index (χ1v) is 16.0. The minimum atomic E-state index is -0.0573. The van der Waals surface area contributed by atoms with Gasteiger partial charge in [-0.25, -0.2) is 0 Å². The van der Waals surface area contributed by atoms with Gasteiger partial charge in [-0.15, -0.1) is 0 Å². The smallest absolute Gasteiger partial charge is 0.260 e. The monoisotopic (exact) mass is 586 g/mol. The summed E-state index contributed by atoms with van der Waals surface area (Å²) in [5.74, 6) is 3.47. The molecule has 4 nitrogen and oxygen atoms in total. The van der Waals surface area contributed by atoms with E-state index in [4.69, 9.17) is 19.4 Å². The number of aromatic nitrogens is 2. The number of benzene rings is 4. The number of hydrogen-bond donors (Lipinski definition) is 0. The largest absolute Gasteiger partial charge is 0.458 e. The van der Waals surface area contributed by atoms with E-state index in [2.05, 4.69) is 113 Å². The van der Waals surface area contributed by atoms with Gasteiger partial charge in [-0.1, -0.05) is 70.5 Å². The minimum absolute atomic E-state index is 0.0554. The van der Waals surface area contributed by atoms with E-state index in [1.165, 1.54) is 29.4 Å². The molecular weight excluding hydrogens is 551 g/mol. The van der Waals surface area contributed by atoms with Gasteiger partial charge in [0.2, 0.25) is 0 Å². The normalized spacial score (nSPS) is 13.0. The molecule has 4 aromatic carbocycles. The van der Waals surface area contributed by atoms with E-state index in [-0.39, 0.29) is 12.1 Å². The van der Waals surface area contributed by atoms with Crippen molar-refractivity contribution in [3.8, 4) is 45.5 Å². The number of ether oxygens (including phenoxy) is 2. The van der Waals surface area contributed by atoms with Crippen LogP contribution in [0.15, 0.2) is 103 Å². The van der Waals surface area contributed by atoms with Gasteiger partial charge in [-0.2, -0.15) is 0 Å². The summed E-state index contributed by atoms with van der Waals surface area (Å²) < 4.78 is 13.4. The van der Waals surface area contributed by atoms with Crippen molar-refractivity contribution in [3.63, 3.8) is 0 Å². The van der Waals surface area contributed by atoms with E-state index in [1.54, 1.807) is 0 Å². The molecule has 0 saturated heterocycles. The molecule has 0 bridgehead atoms. The molecule has 4 heterocycles. The summed E-state index contributed by atoms with van der Waals surface area (Å²) in [7, 11) is 0. The standard InChI is InChI=1S/C40H35BN2O2/c1-5-6-9-25-16-17-42-33(18-25)27-12-14-35-31(19-27)41-32-20-28(34-21-26-10-7-8-11-29(26)24-43-34)13-15-36(32)45-38-23-30(40(2,3)4)22-37(44-35)39(38)41/h7-8,10-24H,5-6,9H2,1-4H3. The van der Waals surface area contributed by atoms with Gasteiger partial charge in [0.15, 0.2) is 0 Å². The summed E-state index contributed by atoms with van der Waals surface area (Å²) in [6.07, 6.45) is 7.30. The Morgan fingerprint density at radius 1 is 0.667 bits per heavy atom. The number of nitrogens with zero attached hydrogens (tertiary/aromatic N) is 2. The zero-order valence-corrected chi connectivity index (χ0v) is 26.2. The lowest BCUT2D eigenvalue weighted by atomic mass is 9.34. The quantitative estimate of drug-likeness (QED) is 0.190. The van der Waals surface area contributed by atoms with E-state index in [0.717, 1.165) is 73.7 Å². The molecule has 0 radical (unpaired) electrons. The van der Waals surface area contributed by atoms with Gasteiger partial charge in [0.1, 0.15) is 23.0 Å². The summed E-state index contributed by atoms with van der Waals surface area (Å²) in [5.41, 5.74) is 9.85. The second-order valence-corrected chi connectivity index (χ2v) is 13.3. The lowest BCUT2D eigenvalue weighted by Gasteiger charge is -2.35. The molecule has 2 aliphatic rings. The van der Waals surface area contributed by atoms with Crippen LogP contribution in [0.25, 0.3) is 33.3 Å². The Hall–Kier alpha value is -4.90. The first-order valence-electron chi connectivity index (χ1n) is 16.0. The third-order valence-electron chi connectivity index (χ3n) is 9.21. The van der Waals surface area contributed by atoms with Gasteiger partial charge in [-0.05, 0) is 111 Å². The molecule has 0 atom stereocenters. The highest BCUT2D eigenvalue weighted by molar-refractivity contribution is 6.98. The van der Waals surface area contributed by atoms with E-state index < -0.39 is 0 Å². The van der Waals surface area contributed by atoms with E-state index in [9.17, 15) is 0 Å². The van der Waals surface area contributed by atoms with Crippen molar-refractivity contribution in [2.24, 2.45) is 0 Å². The molecule has 0 N–H and O–H groups in total. The highest BCUT2D eigenvalue weighted by atomic mass is 16.5. The fourth-order valence-electron chi connectivity index (χ4n) is 6.67. The Morgan fingerprint density at radius 3 is 1.96 bits per heavy atom. The summed E-state index contributed by atoms with van der Waals surface area (Å²) >= 11 is 0. The van der Waals surface area contributed by atoms with Gasteiger partial charge < -0.3 is 9.47 Å². The average molecular weight is 587 g/mol. The average Bonchev–Trinajstić information content (AvgIpc) is 3.06. The first kappa shape index (κ1) is 27.6. The topological polar surface area (TPSA) is 44.2 Å². The molecule has 220 valence electrons. The number of unbranched alkanes of at least 4 members (excludes halogenated alkanes) is 1. The maximum absolute atomic E-state index is 6.69. The second-order valence-electron chi connectivity index (χ2n) is 13.3. The Kier molecular flexibility index (Phi) is 6.53. The first-order chi connectivity index (χ1) is 21.9. The Bertz CT molecular complexity index is 2100. The molecule has 0 saturated carbocycles. The Morgan fingerprint density at radius 2 is 1.31 bits per heavy atom. The molecule has 8 rings (SSSR count). The van der Waals surface area contributed by atoms with Crippen molar-refractivity contribution < 1.29 is 9.47 Å². The molecule has 0 aliphatic carbocycles. The third kappa shape index (κ3) is 4.87. The molecule has 0 unspecified atom stereocenters. The van der Waals surface area contributed by atoms with Crippen molar-refractivity contribution in [2.45, 2.75) is 52.4 Å². The highest BCUT2D eigenvalue weighted by Crippen LogP contribution is 2.39. The fraction of sp³-hybridized carbons (Fsp3) is 0.200. The van der Waals surface area contributed by atoms with Gasteiger partial charge in [0, 0.05) is 23.2 Å². The molecule has 0 amide bonds. The van der Waals surface area contributed by atoms with Crippen LogP contribution in [0.5, 0.6) is 23.0 Å². The highest BCUT2D eigenvalue weighted by Gasteiger charge is 2.41. The molecule has 0 spiro atoms. The molecule has 5 heteroatoms. The van der Waals surface area contributed by atoms with Crippen LogP contribution >= 0.6 is 0 Å². The van der Waals surface area contributed by atoms with Crippen LogP contribution in [0.2, 0.25) is 0 Å². The van der Waals surface area contributed by atoms with Crippen molar-refractivity contribution in [1.82, 2.24) is 9.97 Å². The van der Waals surface area contributed by atoms with E-state index in [0.29, 0.717) is 0 Å². The van der Waals surface area contributed by atoms with Gasteiger partial charge in [0.25, 0.3) is 6.71 Å². The Balaban J connectivity index is 1.30. The van der Waals surface area contributed by atoms with Crippen molar-refractivity contribution in [2.75, 3.05) is 0 Å². The molecule has 0 fully saturated rings. The van der Waals surface area contributed by atoms with Crippen molar-refractivity contribution >= 4 is 33.9 Å². The van der Waals surface area contributed by atoms with Crippen LogP contribution in [-0.4, -0.2) is 16.7 Å². The van der Waals surface area contributed by atoms with Gasteiger partial charge in [0.05, 0.1) is 11.4 Å².